The molecule has 0 aliphatic rings. The van der Waals surface area contributed by atoms with E-state index in [4.69, 9.17) is 0 Å². The first kappa shape index (κ1) is 19.0. The molecule has 1 heteroatoms. The highest BCUT2D eigenvalue weighted by Gasteiger charge is 2.25. The van der Waals surface area contributed by atoms with Crippen LogP contribution in [0.5, 0.6) is 0 Å². The zero-order valence-electron chi connectivity index (χ0n) is 14.2. The molecule has 0 spiro atoms. The minimum atomic E-state index is 0.627. The molecule has 0 aliphatic heterocycles. The predicted molar refractivity (Wildman–Crippen MR) is 88.8 cm³/mol. The second-order valence-corrected chi connectivity index (χ2v) is 6.27. The second-order valence-electron chi connectivity index (χ2n) is 6.27. The van der Waals surface area contributed by atoms with Crippen molar-refractivity contribution in [2.75, 3.05) is 13.1 Å². The summed E-state index contributed by atoms with van der Waals surface area (Å²) in [6, 6.07) is 0. The third-order valence-electron chi connectivity index (χ3n) is 4.63. The lowest BCUT2D eigenvalue weighted by Gasteiger charge is -2.33. The topological polar surface area (TPSA) is 12.0 Å². The Labute approximate surface area is 122 Å². The summed E-state index contributed by atoms with van der Waals surface area (Å²) in [6.45, 7) is 11.8. The van der Waals surface area contributed by atoms with Crippen molar-refractivity contribution in [3.63, 3.8) is 0 Å². The van der Waals surface area contributed by atoms with Gasteiger partial charge in [-0.3, -0.25) is 0 Å². The maximum atomic E-state index is 3.64. The second kappa shape index (κ2) is 13.0. The van der Waals surface area contributed by atoms with Crippen LogP contribution < -0.4 is 5.32 Å². The normalized spacial score (nSPS) is 14.5. The van der Waals surface area contributed by atoms with Crippen molar-refractivity contribution in [2.24, 2.45) is 5.41 Å². The van der Waals surface area contributed by atoms with Crippen LogP contribution in [0.25, 0.3) is 0 Å². The minimum absolute atomic E-state index is 0.627. The summed E-state index contributed by atoms with van der Waals surface area (Å²) in [5.74, 6) is 0. The molecule has 19 heavy (non-hydrogen) atoms. The van der Waals surface area contributed by atoms with Gasteiger partial charge in [0, 0.05) is 0 Å². The van der Waals surface area contributed by atoms with Gasteiger partial charge in [0.25, 0.3) is 0 Å². The lowest BCUT2D eigenvalue weighted by atomic mass is 9.74. The molecule has 1 N–H and O–H groups in total. The summed E-state index contributed by atoms with van der Waals surface area (Å²) in [5, 5.41) is 3.64. The van der Waals surface area contributed by atoms with Crippen molar-refractivity contribution >= 4 is 0 Å². The fourth-order valence-electron chi connectivity index (χ4n) is 3.14. The maximum Gasteiger partial charge on any atom is -0.00436 e. The molecule has 0 fully saturated rings. The van der Waals surface area contributed by atoms with Gasteiger partial charge in [0.05, 0.1) is 0 Å². The molecule has 0 rings (SSSR count). The summed E-state index contributed by atoms with van der Waals surface area (Å²) in [5.41, 5.74) is 0.627. The van der Waals surface area contributed by atoms with E-state index < -0.39 is 0 Å². The van der Waals surface area contributed by atoms with E-state index in [2.05, 4.69) is 33.0 Å². The summed E-state index contributed by atoms with van der Waals surface area (Å²) >= 11 is 0. The average molecular weight is 270 g/mol. The quantitative estimate of drug-likeness (QED) is 0.385. The summed E-state index contributed by atoms with van der Waals surface area (Å²) in [4.78, 5) is 0. The molecule has 0 aromatic rings. The highest BCUT2D eigenvalue weighted by atomic mass is 14.8. The minimum Gasteiger partial charge on any atom is -0.317 e. The highest BCUT2D eigenvalue weighted by Crippen LogP contribution is 2.37. The van der Waals surface area contributed by atoms with Crippen molar-refractivity contribution in [2.45, 2.75) is 98.3 Å². The van der Waals surface area contributed by atoms with E-state index in [-0.39, 0.29) is 0 Å². The molecule has 0 bridgehead atoms. The predicted octanol–water partition coefficient (Wildman–Crippen LogP) is 5.93. The van der Waals surface area contributed by atoms with Crippen LogP contribution in [0.15, 0.2) is 0 Å². The van der Waals surface area contributed by atoms with Crippen molar-refractivity contribution in [1.82, 2.24) is 5.32 Å². The Morgan fingerprint density at radius 1 is 0.632 bits per heavy atom. The number of unbranched alkanes of at least 4 members (excludes halogenated alkanes) is 4. The molecule has 0 radical (unpaired) electrons. The third kappa shape index (κ3) is 9.49. The molecule has 1 nitrogen and oxygen atoms in total. The van der Waals surface area contributed by atoms with Crippen LogP contribution in [-0.2, 0) is 0 Å². The van der Waals surface area contributed by atoms with E-state index >= 15 is 0 Å². The monoisotopic (exact) mass is 269 g/mol. The highest BCUT2D eigenvalue weighted by molar-refractivity contribution is 4.78. The maximum absolute atomic E-state index is 3.64. The fourth-order valence-corrected chi connectivity index (χ4v) is 3.14. The van der Waals surface area contributed by atoms with Gasteiger partial charge in [-0.05, 0) is 44.2 Å². The summed E-state index contributed by atoms with van der Waals surface area (Å²) in [7, 11) is 0. The zero-order chi connectivity index (χ0) is 14.4. The number of hydrogen-bond donors (Lipinski definition) is 1. The first-order chi connectivity index (χ1) is 9.24. The van der Waals surface area contributed by atoms with Crippen molar-refractivity contribution in [3.8, 4) is 0 Å². The van der Waals surface area contributed by atoms with Gasteiger partial charge < -0.3 is 5.32 Å². The van der Waals surface area contributed by atoms with Crippen molar-refractivity contribution < 1.29 is 0 Å². The molecule has 0 aromatic heterocycles. The molecule has 0 aromatic carbocycles. The Bertz CT molecular complexity index is 179. The van der Waals surface area contributed by atoms with Gasteiger partial charge in [0.15, 0.2) is 0 Å². The Balaban J connectivity index is 4.01. The Hall–Kier alpha value is -0.0400. The third-order valence-corrected chi connectivity index (χ3v) is 4.63. The van der Waals surface area contributed by atoms with Crippen LogP contribution >= 0.6 is 0 Å². The van der Waals surface area contributed by atoms with Gasteiger partial charge in [-0.15, -0.1) is 0 Å². The SMILES string of the molecule is CCCCCC[C@](CC)(CCC)CCNCCCC. The van der Waals surface area contributed by atoms with Crippen LogP contribution in [0.4, 0.5) is 0 Å². The summed E-state index contributed by atoms with van der Waals surface area (Å²) in [6.07, 6.45) is 15.2. The van der Waals surface area contributed by atoms with Gasteiger partial charge in [-0.25, -0.2) is 0 Å². The van der Waals surface area contributed by atoms with E-state index in [0.717, 1.165) is 0 Å². The summed E-state index contributed by atoms with van der Waals surface area (Å²) < 4.78 is 0. The van der Waals surface area contributed by atoms with Gasteiger partial charge in [-0.2, -0.15) is 0 Å². The lowest BCUT2D eigenvalue weighted by Crippen LogP contribution is -2.27. The standard InChI is InChI=1S/C18H39N/c1-5-9-11-12-14-18(8-4,13-7-3)15-17-19-16-10-6-2/h19H,5-17H2,1-4H3/t18-/m0/s1. The Morgan fingerprint density at radius 3 is 1.95 bits per heavy atom. The first-order valence-corrected chi connectivity index (χ1v) is 8.95. The van der Waals surface area contributed by atoms with E-state index in [1.54, 1.807) is 0 Å². The molecule has 0 saturated carbocycles. The number of rotatable bonds is 14. The zero-order valence-corrected chi connectivity index (χ0v) is 14.2. The molecule has 0 saturated heterocycles. The molecule has 0 amide bonds. The van der Waals surface area contributed by atoms with Crippen LogP contribution in [0.1, 0.15) is 98.3 Å². The molecule has 0 unspecified atom stereocenters. The fraction of sp³-hybridized carbons (Fsp3) is 1.00. The van der Waals surface area contributed by atoms with Crippen LogP contribution in [0.2, 0.25) is 0 Å². The van der Waals surface area contributed by atoms with Crippen LogP contribution in [0, 0.1) is 5.41 Å². The Morgan fingerprint density at radius 2 is 1.37 bits per heavy atom. The lowest BCUT2D eigenvalue weighted by molar-refractivity contribution is 0.197. The molecule has 0 aliphatic carbocycles. The average Bonchev–Trinajstić information content (AvgIpc) is 2.43. The van der Waals surface area contributed by atoms with Gasteiger partial charge in [-0.1, -0.05) is 72.6 Å². The number of hydrogen-bond acceptors (Lipinski definition) is 1. The Kier molecular flexibility index (Phi) is 12.9. The molecular weight excluding hydrogens is 230 g/mol. The van der Waals surface area contributed by atoms with Crippen molar-refractivity contribution in [3.05, 3.63) is 0 Å². The van der Waals surface area contributed by atoms with Gasteiger partial charge in [0.2, 0.25) is 0 Å². The van der Waals surface area contributed by atoms with E-state index in [1.807, 2.05) is 0 Å². The molecular formula is C18H39N. The van der Waals surface area contributed by atoms with Gasteiger partial charge >= 0.3 is 0 Å². The molecule has 116 valence electrons. The van der Waals surface area contributed by atoms with E-state index in [0.29, 0.717) is 5.41 Å². The van der Waals surface area contributed by atoms with Crippen molar-refractivity contribution in [1.29, 1.82) is 0 Å². The van der Waals surface area contributed by atoms with E-state index in [9.17, 15) is 0 Å². The smallest absolute Gasteiger partial charge is 0.00436 e. The van der Waals surface area contributed by atoms with Gasteiger partial charge in [0.1, 0.15) is 0 Å². The first-order valence-electron chi connectivity index (χ1n) is 8.95. The van der Waals surface area contributed by atoms with Crippen LogP contribution in [-0.4, -0.2) is 13.1 Å². The van der Waals surface area contributed by atoms with E-state index in [1.165, 1.54) is 83.7 Å². The molecule has 0 heterocycles. The largest absolute Gasteiger partial charge is 0.317 e. The molecule has 1 atom stereocenters. The van der Waals surface area contributed by atoms with Crippen LogP contribution in [0.3, 0.4) is 0 Å². The number of nitrogens with one attached hydrogen (secondary N) is 1.